The number of hydrogen-bond donors (Lipinski definition) is 2. The van der Waals surface area contributed by atoms with Crippen molar-refractivity contribution in [3.63, 3.8) is 0 Å². The van der Waals surface area contributed by atoms with Crippen LogP contribution in [0.1, 0.15) is 22.3 Å². The minimum absolute atomic E-state index is 0.304. The number of esters is 1. The number of carbonyl (C=O) groups excluding carboxylic acids is 2. The number of nitrogens with one attached hydrogen (secondary N) is 1. The molecule has 0 aliphatic carbocycles. The van der Waals surface area contributed by atoms with Crippen LogP contribution in [0.3, 0.4) is 0 Å². The van der Waals surface area contributed by atoms with Crippen LogP contribution >= 0.6 is 15.9 Å². The van der Waals surface area contributed by atoms with Gasteiger partial charge in [-0.1, -0.05) is 22.0 Å². The van der Waals surface area contributed by atoms with Crippen molar-refractivity contribution in [2.24, 2.45) is 0 Å². The van der Waals surface area contributed by atoms with Crippen LogP contribution in [0.15, 0.2) is 22.7 Å². The lowest BCUT2D eigenvalue weighted by molar-refractivity contribution is -0.147. The maximum atomic E-state index is 11.9. The predicted molar refractivity (Wildman–Crippen MR) is 74.4 cm³/mol. The maximum absolute atomic E-state index is 11.9. The van der Waals surface area contributed by atoms with Gasteiger partial charge in [0.15, 0.2) is 0 Å². The summed E-state index contributed by atoms with van der Waals surface area (Å²) in [5, 5.41) is 11.3. The van der Waals surface area contributed by atoms with Crippen LogP contribution < -0.4 is 5.32 Å². The predicted octanol–water partition coefficient (Wildman–Crippen LogP) is 1.50. The van der Waals surface area contributed by atoms with E-state index in [4.69, 9.17) is 5.11 Å². The van der Waals surface area contributed by atoms with Crippen molar-refractivity contribution in [3.05, 3.63) is 33.8 Å². The van der Waals surface area contributed by atoms with E-state index in [0.717, 1.165) is 17.1 Å². The monoisotopic (exact) mass is 343 g/mol. The third-order valence-corrected chi connectivity index (χ3v) is 3.49. The van der Waals surface area contributed by atoms with Gasteiger partial charge in [-0.3, -0.25) is 9.59 Å². The third kappa shape index (κ3) is 4.34. The molecule has 0 bridgehead atoms. The van der Waals surface area contributed by atoms with E-state index in [1.807, 2.05) is 6.92 Å². The smallest absolute Gasteiger partial charge is 0.326 e. The van der Waals surface area contributed by atoms with E-state index in [1.54, 1.807) is 18.2 Å². The molecule has 0 aliphatic rings. The quantitative estimate of drug-likeness (QED) is 0.790. The molecule has 108 valence electrons. The Bertz CT molecular complexity index is 544. The molecule has 6 nitrogen and oxygen atoms in total. The van der Waals surface area contributed by atoms with Gasteiger partial charge < -0.3 is 15.2 Å². The van der Waals surface area contributed by atoms with Crippen LogP contribution in [0.25, 0.3) is 0 Å². The number of carboxylic acid groups (broad SMARTS) is 1. The highest BCUT2D eigenvalue weighted by molar-refractivity contribution is 9.10. The van der Waals surface area contributed by atoms with E-state index in [1.165, 1.54) is 0 Å². The molecule has 1 atom stereocenters. The number of rotatable bonds is 5. The number of methoxy groups -OCH3 is 1. The fourth-order valence-electron chi connectivity index (χ4n) is 1.43. The molecule has 0 saturated carbocycles. The second-order valence-corrected chi connectivity index (χ2v) is 4.96. The summed E-state index contributed by atoms with van der Waals surface area (Å²) in [6.07, 6.45) is -0.426. The van der Waals surface area contributed by atoms with Crippen LogP contribution in [0.2, 0.25) is 0 Å². The number of aliphatic carboxylic acids is 1. The van der Waals surface area contributed by atoms with Crippen molar-refractivity contribution in [1.29, 1.82) is 0 Å². The lowest BCUT2D eigenvalue weighted by Gasteiger charge is -2.13. The second-order valence-electron chi connectivity index (χ2n) is 4.11. The molecule has 0 aliphatic heterocycles. The van der Waals surface area contributed by atoms with Crippen LogP contribution in [-0.4, -0.2) is 36.1 Å². The minimum Gasteiger partial charge on any atom is -0.480 e. The van der Waals surface area contributed by atoms with Crippen LogP contribution in [0.4, 0.5) is 0 Å². The molecule has 2 N–H and O–H groups in total. The summed E-state index contributed by atoms with van der Waals surface area (Å²) in [5.41, 5.74) is 1.25. The zero-order valence-electron chi connectivity index (χ0n) is 11.0. The molecule has 20 heavy (non-hydrogen) atoms. The Morgan fingerprint density at radius 1 is 1.40 bits per heavy atom. The summed E-state index contributed by atoms with van der Waals surface area (Å²) in [6, 6.07) is 3.57. The number of carbonyl (C=O) groups is 3. The summed E-state index contributed by atoms with van der Waals surface area (Å²) >= 11 is 3.29. The molecule has 0 aromatic heterocycles. The lowest BCUT2D eigenvalue weighted by atomic mass is 10.1. The Balaban J connectivity index is 2.82. The van der Waals surface area contributed by atoms with Crippen LogP contribution in [0.5, 0.6) is 0 Å². The van der Waals surface area contributed by atoms with Gasteiger partial charge in [-0.15, -0.1) is 0 Å². The zero-order chi connectivity index (χ0) is 15.3. The van der Waals surface area contributed by atoms with Crippen molar-refractivity contribution in [3.8, 4) is 0 Å². The van der Waals surface area contributed by atoms with Gasteiger partial charge in [0.1, 0.15) is 6.04 Å². The Hall–Kier alpha value is -1.89. The zero-order valence-corrected chi connectivity index (χ0v) is 12.6. The molecule has 0 fully saturated rings. The van der Waals surface area contributed by atoms with E-state index in [0.29, 0.717) is 5.56 Å². The molecule has 7 heteroatoms. The number of halogens is 1. The van der Waals surface area contributed by atoms with Gasteiger partial charge in [0.2, 0.25) is 0 Å². The highest BCUT2D eigenvalue weighted by atomic mass is 79.9. The molecule has 0 saturated heterocycles. The first-order valence-electron chi connectivity index (χ1n) is 5.71. The van der Waals surface area contributed by atoms with Gasteiger partial charge in [-0.05, 0) is 24.6 Å². The van der Waals surface area contributed by atoms with E-state index in [-0.39, 0.29) is 0 Å². The van der Waals surface area contributed by atoms with Crippen molar-refractivity contribution >= 4 is 33.8 Å². The first-order valence-corrected chi connectivity index (χ1v) is 6.51. The highest BCUT2D eigenvalue weighted by Crippen LogP contribution is 2.17. The number of ether oxygens (including phenoxy) is 1. The molecule has 0 heterocycles. The van der Waals surface area contributed by atoms with Gasteiger partial charge in [0.25, 0.3) is 5.91 Å². The molecular formula is C13H14BrNO5. The number of benzene rings is 1. The molecule has 0 spiro atoms. The molecule has 0 radical (unpaired) electrons. The van der Waals surface area contributed by atoms with Crippen molar-refractivity contribution in [1.82, 2.24) is 5.32 Å². The summed E-state index contributed by atoms with van der Waals surface area (Å²) in [5.74, 6) is -2.57. The Morgan fingerprint density at radius 3 is 2.55 bits per heavy atom. The average Bonchev–Trinajstić information content (AvgIpc) is 2.40. The SMILES string of the molecule is COC(=O)C[C@H](NC(=O)c1ccc(C)c(Br)c1)C(=O)O. The van der Waals surface area contributed by atoms with E-state index >= 15 is 0 Å². The first-order chi connectivity index (χ1) is 9.35. The molecule has 0 unspecified atom stereocenters. The number of aryl methyl sites for hydroxylation is 1. The van der Waals surface area contributed by atoms with Gasteiger partial charge >= 0.3 is 11.9 Å². The summed E-state index contributed by atoms with van der Waals surface area (Å²) < 4.78 is 5.13. The number of amides is 1. The number of hydrogen-bond acceptors (Lipinski definition) is 4. The Labute approximate surface area is 124 Å². The summed E-state index contributed by atoms with van der Waals surface area (Å²) in [4.78, 5) is 34.1. The molecule has 1 aromatic rings. The maximum Gasteiger partial charge on any atom is 0.326 e. The highest BCUT2D eigenvalue weighted by Gasteiger charge is 2.24. The molecule has 1 rings (SSSR count). The second kappa shape index (κ2) is 7.04. The van der Waals surface area contributed by atoms with Crippen molar-refractivity contribution in [2.45, 2.75) is 19.4 Å². The summed E-state index contributed by atoms with van der Waals surface area (Å²) in [7, 11) is 1.15. The summed E-state index contributed by atoms with van der Waals surface area (Å²) in [6.45, 7) is 1.86. The Kier molecular flexibility index (Phi) is 5.69. The number of carboxylic acids is 1. The van der Waals surface area contributed by atoms with Gasteiger partial charge in [0.05, 0.1) is 13.5 Å². The van der Waals surface area contributed by atoms with Gasteiger partial charge in [-0.2, -0.15) is 0 Å². The van der Waals surface area contributed by atoms with Crippen LogP contribution in [0, 0.1) is 6.92 Å². The molecule has 1 amide bonds. The van der Waals surface area contributed by atoms with E-state index in [2.05, 4.69) is 26.0 Å². The fraction of sp³-hybridized carbons (Fsp3) is 0.308. The van der Waals surface area contributed by atoms with Gasteiger partial charge in [-0.25, -0.2) is 4.79 Å². The third-order valence-electron chi connectivity index (χ3n) is 2.64. The topological polar surface area (TPSA) is 92.7 Å². The molecular weight excluding hydrogens is 330 g/mol. The average molecular weight is 344 g/mol. The van der Waals surface area contributed by atoms with E-state index < -0.39 is 30.3 Å². The van der Waals surface area contributed by atoms with E-state index in [9.17, 15) is 14.4 Å². The minimum atomic E-state index is -1.32. The van der Waals surface area contributed by atoms with Crippen molar-refractivity contribution in [2.75, 3.05) is 7.11 Å². The fourth-order valence-corrected chi connectivity index (χ4v) is 1.80. The first kappa shape index (κ1) is 16.2. The molecule has 1 aromatic carbocycles. The standard InChI is InChI=1S/C13H14BrNO5/c1-7-3-4-8(5-9(7)14)12(17)15-10(13(18)19)6-11(16)20-2/h3-5,10H,6H2,1-2H3,(H,15,17)(H,18,19)/t10-/m0/s1. The normalized spacial score (nSPS) is 11.6. The lowest BCUT2D eigenvalue weighted by Crippen LogP contribution is -2.42. The van der Waals surface area contributed by atoms with Gasteiger partial charge in [0, 0.05) is 10.0 Å². The van der Waals surface area contributed by atoms with Crippen LogP contribution in [-0.2, 0) is 14.3 Å². The van der Waals surface area contributed by atoms with Crippen molar-refractivity contribution < 1.29 is 24.2 Å². The Morgan fingerprint density at radius 2 is 2.05 bits per heavy atom. The largest absolute Gasteiger partial charge is 0.480 e.